The number of hydrogen-bond donors (Lipinski definition) is 2. The fourth-order valence-electron chi connectivity index (χ4n) is 2.39. The van der Waals surface area contributed by atoms with Gasteiger partial charge in [-0.05, 0) is 58.6 Å². The molecular formula is C18H23O2P. The van der Waals surface area contributed by atoms with Crippen LogP contribution in [0, 0.1) is 13.8 Å². The van der Waals surface area contributed by atoms with E-state index in [4.69, 9.17) is 0 Å². The minimum absolute atomic E-state index is 0.337. The Hall–Kier alpha value is -1.53. The lowest BCUT2D eigenvalue weighted by Gasteiger charge is -2.21. The van der Waals surface area contributed by atoms with Gasteiger partial charge in [-0.2, -0.15) is 0 Å². The van der Waals surface area contributed by atoms with Gasteiger partial charge in [0.05, 0.1) is 0 Å². The molecule has 2 N–H and O–H groups in total. The Morgan fingerprint density at radius 1 is 0.857 bits per heavy atom. The zero-order chi connectivity index (χ0) is 15.4. The highest BCUT2D eigenvalue weighted by Gasteiger charge is 2.20. The van der Waals surface area contributed by atoms with Crippen molar-refractivity contribution in [3.8, 4) is 11.5 Å². The molecular weight excluding hydrogens is 279 g/mol. The quantitative estimate of drug-likeness (QED) is 0.821. The van der Waals surface area contributed by atoms with Crippen molar-refractivity contribution in [2.24, 2.45) is 0 Å². The molecule has 0 saturated heterocycles. The van der Waals surface area contributed by atoms with E-state index in [1.54, 1.807) is 12.1 Å². The first-order valence-electron chi connectivity index (χ1n) is 7.39. The number of aryl methyl sites for hydroxylation is 2. The maximum Gasteiger partial charge on any atom is 0.123 e. The van der Waals surface area contributed by atoms with Gasteiger partial charge in [0.2, 0.25) is 0 Å². The van der Waals surface area contributed by atoms with Gasteiger partial charge in [-0.15, -0.1) is 0 Å². The molecule has 0 aromatic heterocycles. The van der Waals surface area contributed by atoms with Crippen molar-refractivity contribution in [1.29, 1.82) is 0 Å². The van der Waals surface area contributed by atoms with Gasteiger partial charge < -0.3 is 10.2 Å². The third-order valence-corrected chi connectivity index (χ3v) is 6.22. The highest BCUT2D eigenvalue weighted by Crippen LogP contribution is 2.41. The first-order chi connectivity index (χ1) is 10.0. The summed E-state index contributed by atoms with van der Waals surface area (Å²) in [5.74, 6) is 0.674. The molecule has 2 aromatic carbocycles. The van der Waals surface area contributed by atoms with Gasteiger partial charge in [0, 0.05) is 10.6 Å². The van der Waals surface area contributed by atoms with E-state index in [0.717, 1.165) is 40.7 Å². The molecule has 2 rings (SSSR count). The lowest BCUT2D eigenvalue weighted by atomic mass is 10.2. The first kappa shape index (κ1) is 15.9. The molecule has 0 saturated carbocycles. The maximum absolute atomic E-state index is 10.3. The lowest BCUT2D eigenvalue weighted by molar-refractivity contribution is 0.479. The zero-order valence-corrected chi connectivity index (χ0v) is 13.8. The average molecular weight is 302 g/mol. The summed E-state index contributed by atoms with van der Waals surface area (Å²) in [5.41, 5.74) is 2.28. The van der Waals surface area contributed by atoms with Crippen molar-refractivity contribution in [2.45, 2.75) is 33.6 Å². The Morgan fingerprint density at radius 2 is 1.33 bits per heavy atom. The predicted octanol–water partition coefficient (Wildman–Crippen LogP) is 3.95. The number of hydrogen-bond acceptors (Lipinski definition) is 2. The third-order valence-electron chi connectivity index (χ3n) is 3.58. The van der Waals surface area contributed by atoms with Gasteiger partial charge in [0.1, 0.15) is 11.5 Å². The topological polar surface area (TPSA) is 40.5 Å². The van der Waals surface area contributed by atoms with Crippen LogP contribution in [0.3, 0.4) is 0 Å². The van der Waals surface area contributed by atoms with E-state index in [0.29, 0.717) is 11.5 Å². The first-order valence-corrected chi connectivity index (χ1v) is 8.92. The van der Waals surface area contributed by atoms with E-state index in [2.05, 4.69) is 19.1 Å². The van der Waals surface area contributed by atoms with Crippen molar-refractivity contribution in [1.82, 2.24) is 0 Å². The highest BCUT2D eigenvalue weighted by atomic mass is 31.1. The van der Waals surface area contributed by atoms with E-state index >= 15 is 0 Å². The molecule has 0 atom stereocenters. The van der Waals surface area contributed by atoms with Gasteiger partial charge >= 0.3 is 0 Å². The Labute approximate surface area is 128 Å². The van der Waals surface area contributed by atoms with Crippen LogP contribution in [-0.2, 0) is 0 Å². The highest BCUT2D eigenvalue weighted by molar-refractivity contribution is 7.73. The van der Waals surface area contributed by atoms with Crippen LogP contribution in [0.5, 0.6) is 11.5 Å². The molecule has 112 valence electrons. The van der Waals surface area contributed by atoms with E-state index in [9.17, 15) is 10.2 Å². The second kappa shape index (κ2) is 6.95. The van der Waals surface area contributed by atoms with Crippen LogP contribution in [0.15, 0.2) is 36.4 Å². The molecule has 3 heteroatoms. The van der Waals surface area contributed by atoms with Gasteiger partial charge in [-0.25, -0.2) is 0 Å². The summed E-state index contributed by atoms with van der Waals surface area (Å²) in [6.07, 6.45) is 3.18. The molecule has 0 bridgehead atoms. The standard InChI is InChI=1S/C18H23O2P/c1-4-5-10-21(17-11-13(2)6-8-15(17)19)18-12-14(3)7-9-16(18)20/h6-9,11-12,19-20H,4-5,10H2,1-3H3. The van der Waals surface area contributed by atoms with Crippen LogP contribution < -0.4 is 10.6 Å². The van der Waals surface area contributed by atoms with Crippen LogP contribution in [0.4, 0.5) is 0 Å². The summed E-state index contributed by atoms with van der Waals surface area (Å²) in [7, 11) is -0.731. The molecule has 0 amide bonds. The van der Waals surface area contributed by atoms with Crippen LogP contribution in [0.1, 0.15) is 30.9 Å². The normalized spacial score (nSPS) is 11.0. The molecule has 0 aliphatic rings. The summed E-state index contributed by atoms with van der Waals surface area (Å²) in [4.78, 5) is 0. The van der Waals surface area contributed by atoms with Crippen molar-refractivity contribution in [2.75, 3.05) is 6.16 Å². The number of phenols is 2. The molecule has 0 aliphatic heterocycles. The summed E-state index contributed by atoms with van der Waals surface area (Å²) in [5, 5.41) is 22.5. The third kappa shape index (κ3) is 3.77. The summed E-state index contributed by atoms with van der Waals surface area (Å²) in [6.45, 7) is 6.23. The number of rotatable bonds is 5. The lowest BCUT2D eigenvalue weighted by Crippen LogP contribution is -2.16. The van der Waals surface area contributed by atoms with E-state index in [1.807, 2.05) is 26.0 Å². The Balaban J connectivity index is 2.52. The zero-order valence-electron chi connectivity index (χ0n) is 12.9. The maximum atomic E-state index is 10.3. The monoisotopic (exact) mass is 302 g/mol. The SMILES string of the molecule is CCCCP(c1cc(C)ccc1O)c1cc(C)ccc1O. The van der Waals surface area contributed by atoms with Crippen molar-refractivity contribution in [3.05, 3.63) is 47.5 Å². The summed E-state index contributed by atoms with van der Waals surface area (Å²) < 4.78 is 0. The van der Waals surface area contributed by atoms with E-state index in [1.165, 1.54) is 0 Å². The fraction of sp³-hybridized carbons (Fsp3) is 0.333. The second-order valence-electron chi connectivity index (χ2n) is 5.49. The molecule has 0 radical (unpaired) electrons. The molecule has 0 unspecified atom stereocenters. The van der Waals surface area contributed by atoms with Gasteiger partial charge in [-0.1, -0.05) is 36.6 Å². The number of aromatic hydroxyl groups is 2. The van der Waals surface area contributed by atoms with Crippen LogP contribution in [0.25, 0.3) is 0 Å². The molecule has 0 fully saturated rings. The molecule has 0 heterocycles. The molecule has 2 aromatic rings. The van der Waals surface area contributed by atoms with Crippen molar-refractivity contribution in [3.63, 3.8) is 0 Å². The molecule has 21 heavy (non-hydrogen) atoms. The van der Waals surface area contributed by atoms with Crippen LogP contribution in [-0.4, -0.2) is 16.4 Å². The summed E-state index contributed by atoms with van der Waals surface area (Å²) in [6, 6.07) is 11.5. The Bertz CT molecular complexity index is 571. The number of phenolic OH excluding ortho intramolecular Hbond substituents is 2. The van der Waals surface area contributed by atoms with Crippen LogP contribution in [0.2, 0.25) is 0 Å². The van der Waals surface area contributed by atoms with Gasteiger partial charge in [0.25, 0.3) is 0 Å². The van der Waals surface area contributed by atoms with Crippen LogP contribution >= 0.6 is 7.92 Å². The summed E-state index contributed by atoms with van der Waals surface area (Å²) >= 11 is 0. The average Bonchev–Trinajstić information content (AvgIpc) is 2.46. The number of benzene rings is 2. The molecule has 0 aliphatic carbocycles. The second-order valence-corrected chi connectivity index (χ2v) is 7.76. The van der Waals surface area contributed by atoms with Gasteiger partial charge in [0.15, 0.2) is 0 Å². The molecule has 0 spiro atoms. The van der Waals surface area contributed by atoms with Crippen molar-refractivity contribution >= 4 is 18.5 Å². The smallest absolute Gasteiger partial charge is 0.123 e. The predicted molar refractivity (Wildman–Crippen MR) is 91.7 cm³/mol. The minimum Gasteiger partial charge on any atom is -0.507 e. The Kier molecular flexibility index (Phi) is 5.25. The van der Waals surface area contributed by atoms with Crippen molar-refractivity contribution < 1.29 is 10.2 Å². The van der Waals surface area contributed by atoms with Gasteiger partial charge in [-0.3, -0.25) is 0 Å². The largest absolute Gasteiger partial charge is 0.507 e. The van der Waals surface area contributed by atoms with E-state index in [-0.39, 0.29) is 0 Å². The minimum atomic E-state index is -0.731. The fourth-order valence-corrected chi connectivity index (χ4v) is 5.18. The molecule has 2 nitrogen and oxygen atoms in total. The van der Waals surface area contributed by atoms with E-state index < -0.39 is 7.92 Å². The Morgan fingerprint density at radius 3 is 1.76 bits per heavy atom. The number of unbranched alkanes of at least 4 members (excludes halogenated alkanes) is 1.